The molecule has 2 fully saturated rings. The van der Waals surface area contributed by atoms with Crippen molar-refractivity contribution in [2.24, 2.45) is 0 Å². The second kappa shape index (κ2) is 7.72. The third-order valence-electron chi connectivity index (χ3n) is 4.88. The summed E-state index contributed by atoms with van der Waals surface area (Å²) in [7, 11) is -1.66. The van der Waals surface area contributed by atoms with Gasteiger partial charge in [-0.05, 0) is 25.0 Å². The monoisotopic (exact) mass is 353 g/mol. The molecule has 0 aromatic heterocycles. The molecule has 2 aliphatic heterocycles. The van der Waals surface area contributed by atoms with E-state index in [2.05, 4.69) is 4.90 Å². The van der Waals surface area contributed by atoms with E-state index in [1.165, 1.54) is 0 Å². The molecule has 6 nitrogen and oxygen atoms in total. The van der Waals surface area contributed by atoms with E-state index in [-0.39, 0.29) is 0 Å². The summed E-state index contributed by atoms with van der Waals surface area (Å²) in [6.07, 6.45) is 4.21. The third kappa shape index (κ3) is 3.68. The van der Waals surface area contributed by atoms with Gasteiger partial charge in [0.25, 0.3) is 10.2 Å². The van der Waals surface area contributed by atoms with Crippen LogP contribution in [0.15, 0.2) is 24.3 Å². The summed E-state index contributed by atoms with van der Waals surface area (Å²) in [5.41, 5.74) is 1.03. The zero-order valence-electron chi connectivity index (χ0n) is 14.4. The van der Waals surface area contributed by atoms with E-state index < -0.39 is 10.2 Å². The maximum atomic E-state index is 12.9. The van der Waals surface area contributed by atoms with Gasteiger partial charge in [0.15, 0.2) is 0 Å². The Morgan fingerprint density at radius 3 is 2.04 bits per heavy atom. The summed E-state index contributed by atoms with van der Waals surface area (Å²) in [5, 5.41) is 0. The molecule has 7 heteroatoms. The molecule has 0 atom stereocenters. The number of nitrogens with zero attached hydrogens (tertiary/aromatic N) is 3. The number of benzene rings is 1. The minimum atomic E-state index is -3.32. The fourth-order valence-corrected chi connectivity index (χ4v) is 5.16. The molecule has 2 heterocycles. The summed E-state index contributed by atoms with van der Waals surface area (Å²) in [6, 6.07) is 7.90. The van der Waals surface area contributed by atoms with Gasteiger partial charge in [0, 0.05) is 39.3 Å². The molecule has 0 unspecified atom stereocenters. The molecule has 0 saturated carbocycles. The number of hydrogen-bond donors (Lipinski definition) is 0. The van der Waals surface area contributed by atoms with Crippen LogP contribution in [0.2, 0.25) is 0 Å². The SMILES string of the molecule is COc1ccccc1N1CCN(S(=O)(=O)N2CCCCCC2)CC1. The predicted octanol–water partition coefficient (Wildman–Crippen LogP) is 1.94. The van der Waals surface area contributed by atoms with Gasteiger partial charge in [-0.25, -0.2) is 0 Å². The lowest BCUT2D eigenvalue weighted by molar-refractivity contribution is 0.326. The van der Waals surface area contributed by atoms with Crippen LogP contribution in [0, 0.1) is 0 Å². The first-order valence-corrected chi connectivity index (χ1v) is 10.2. The molecule has 2 saturated heterocycles. The second-order valence-electron chi connectivity index (χ2n) is 6.38. The summed E-state index contributed by atoms with van der Waals surface area (Å²) in [6.45, 7) is 3.75. The summed E-state index contributed by atoms with van der Waals surface area (Å²) in [4.78, 5) is 2.20. The van der Waals surface area contributed by atoms with Crippen molar-refractivity contribution in [2.75, 3.05) is 51.3 Å². The largest absolute Gasteiger partial charge is 0.495 e. The Labute approximate surface area is 145 Å². The molecule has 134 valence electrons. The maximum absolute atomic E-state index is 12.9. The van der Waals surface area contributed by atoms with Crippen LogP contribution >= 0.6 is 0 Å². The first-order valence-electron chi connectivity index (χ1n) is 8.76. The number of piperazine rings is 1. The van der Waals surface area contributed by atoms with E-state index in [1.807, 2.05) is 24.3 Å². The Balaban J connectivity index is 1.66. The van der Waals surface area contributed by atoms with Crippen molar-refractivity contribution in [3.8, 4) is 5.75 Å². The summed E-state index contributed by atoms with van der Waals surface area (Å²) < 4.78 is 34.5. The first-order chi connectivity index (χ1) is 11.6. The van der Waals surface area contributed by atoms with Gasteiger partial charge < -0.3 is 9.64 Å². The lowest BCUT2D eigenvalue weighted by Gasteiger charge is -2.37. The van der Waals surface area contributed by atoms with Gasteiger partial charge in [0.05, 0.1) is 12.8 Å². The summed E-state index contributed by atoms with van der Waals surface area (Å²) >= 11 is 0. The molecule has 0 spiro atoms. The number of methoxy groups -OCH3 is 1. The summed E-state index contributed by atoms with van der Waals surface area (Å²) in [5.74, 6) is 0.835. The van der Waals surface area contributed by atoms with Crippen LogP contribution in [0.25, 0.3) is 0 Å². The van der Waals surface area contributed by atoms with Gasteiger partial charge in [0.1, 0.15) is 5.75 Å². The van der Waals surface area contributed by atoms with Crippen molar-refractivity contribution in [3.05, 3.63) is 24.3 Å². The average molecular weight is 353 g/mol. The van der Waals surface area contributed by atoms with Gasteiger partial charge in [0.2, 0.25) is 0 Å². The predicted molar refractivity (Wildman–Crippen MR) is 95.7 cm³/mol. The highest BCUT2D eigenvalue weighted by Gasteiger charge is 2.32. The molecule has 0 radical (unpaired) electrons. The van der Waals surface area contributed by atoms with Gasteiger partial charge >= 0.3 is 0 Å². The second-order valence-corrected chi connectivity index (χ2v) is 8.31. The molecular weight excluding hydrogens is 326 g/mol. The van der Waals surface area contributed by atoms with E-state index in [1.54, 1.807) is 15.7 Å². The quantitative estimate of drug-likeness (QED) is 0.830. The number of anilines is 1. The number of hydrogen-bond acceptors (Lipinski definition) is 4. The van der Waals surface area contributed by atoms with E-state index >= 15 is 0 Å². The molecule has 0 amide bonds. The molecule has 24 heavy (non-hydrogen) atoms. The van der Waals surface area contributed by atoms with Gasteiger partial charge in [-0.1, -0.05) is 25.0 Å². The fourth-order valence-electron chi connectivity index (χ4n) is 3.49. The third-order valence-corrected chi connectivity index (χ3v) is 6.92. The zero-order valence-corrected chi connectivity index (χ0v) is 15.2. The van der Waals surface area contributed by atoms with Crippen molar-refractivity contribution in [3.63, 3.8) is 0 Å². The van der Waals surface area contributed by atoms with Gasteiger partial charge in [-0.2, -0.15) is 17.0 Å². The van der Waals surface area contributed by atoms with Crippen LogP contribution < -0.4 is 9.64 Å². The van der Waals surface area contributed by atoms with E-state index in [4.69, 9.17) is 4.74 Å². The normalized spacial score (nSPS) is 21.5. The van der Waals surface area contributed by atoms with Crippen molar-refractivity contribution in [1.29, 1.82) is 0 Å². The number of para-hydroxylation sites is 2. The Hall–Kier alpha value is -1.31. The van der Waals surface area contributed by atoms with Crippen LogP contribution in [0.3, 0.4) is 0 Å². The van der Waals surface area contributed by atoms with E-state index in [0.29, 0.717) is 39.3 Å². The van der Waals surface area contributed by atoms with Gasteiger partial charge in [-0.15, -0.1) is 0 Å². The van der Waals surface area contributed by atoms with Crippen LogP contribution in [0.4, 0.5) is 5.69 Å². The molecule has 1 aromatic carbocycles. The molecule has 0 aliphatic carbocycles. The van der Waals surface area contributed by atoms with Crippen molar-refractivity contribution >= 4 is 15.9 Å². The van der Waals surface area contributed by atoms with E-state index in [0.717, 1.165) is 37.1 Å². The molecule has 0 bridgehead atoms. The van der Waals surface area contributed by atoms with Crippen molar-refractivity contribution < 1.29 is 13.2 Å². The van der Waals surface area contributed by atoms with Crippen molar-refractivity contribution in [1.82, 2.24) is 8.61 Å². The number of rotatable bonds is 4. The number of ether oxygens (including phenoxy) is 1. The Morgan fingerprint density at radius 1 is 0.833 bits per heavy atom. The Morgan fingerprint density at radius 2 is 1.42 bits per heavy atom. The molecule has 3 rings (SSSR count). The van der Waals surface area contributed by atoms with E-state index in [9.17, 15) is 8.42 Å². The lowest BCUT2D eigenvalue weighted by atomic mass is 10.2. The average Bonchev–Trinajstić information content (AvgIpc) is 2.92. The lowest BCUT2D eigenvalue weighted by Crippen LogP contribution is -2.53. The molecular formula is C17H27N3O3S. The smallest absolute Gasteiger partial charge is 0.282 e. The zero-order chi connectivity index (χ0) is 17.0. The van der Waals surface area contributed by atoms with Crippen LogP contribution in [0.5, 0.6) is 5.75 Å². The Kier molecular flexibility index (Phi) is 5.63. The molecule has 2 aliphatic rings. The van der Waals surface area contributed by atoms with Crippen LogP contribution in [-0.2, 0) is 10.2 Å². The highest BCUT2D eigenvalue weighted by Crippen LogP contribution is 2.29. The minimum absolute atomic E-state index is 0.525. The highest BCUT2D eigenvalue weighted by molar-refractivity contribution is 7.86. The van der Waals surface area contributed by atoms with Crippen molar-refractivity contribution in [2.45, 2.75) is 25.7 Å². The maximum Gasteiger partial charge on any atom is 0.282 e. The standard InChI is InChI=1S/C17H27N3O3S/c1-23-17-9-5-4-8-16(17)18-12-14-20(15-13-18)24(21,22)19-10-6-2-3-7-11-19/h4-5,8-9H,2-3,6-7,10-15H2,1H3. The van der Waals surface area contributed by atoms with Crippen LogP contribution in [-0.4, -0.2) is 63.4 Å². The molecule has 1 aromatic rings. The highest BCUT2D eigenvalue weighted by atomic mass is 32.2. The molecule has 0 N–H and O–H groups in total. The fraction of sp³-hybridized carbons (Fsp3) is 0.647. The minimum Gasteiger partial charge on any atom is -0.495 e. The Bertz CT molecular complexity index is 634. The first kappa shape index (κ1) is 17.5. The van der Waals surface area contributed by atoms with Gasteiger partial charge in [-0.3, -0.25) is 0 Å². The topological polar surface area (TPSA) is 53.1 Å². The van der Waals surface area contributed by atoms with Crippen LogP contribution in [0.1, 0.15) is 25.7 Å².